The van der Waals surface area contributed by atoms with E-state index in [2.05, 4.69) is 29.1 Å². The number of nitrogen functional groups attached to an aromatic ring is 1. The lowest BCUT2D eigenvalue weighted by Crippen LogP contribution is -2.34. The average Bonchev–Trinajstić information content (AvgIpc) is 2.38. The molecule has 0 aliphatic carbocycles. The second-order valence-corrected chi connectivity index (χ2v) is 4.92. The van der Waals surface area contributed by atoms with E-state index in [-0.39, 0.29) is 6.04 Å². The van der Waals surface area contributed by atoms with Gasteiger partial charge in [0.05, 0.1) is 11.4 Å². The lowest BCUT2D eigenvalue weighted by atomic mass is 10.1. The summed E-state index contributed by atoms with van der Waals surface area (Å²) in [7, 11) is 5.90. The molecule has 0 aliphatic rings. The van der Waals surface area contributed by atoms with Crippen LogP contribution in [0.2, 0.25) is 0 Å². The van der Waals surface area contributed by atoms with Crippen molar-refractivity contribution in [2.45, 2.75) is 13.0 Å². The molecular formula is C15H25N5. The molecule has 0 bridgehead atoms. The lowest BCUT2D eigenvalue weighted by molar-refractivity contribution is 0.602. The Bertz CT molecular complexity index is 479. The van der Waals surface area contributed by atoms with E-state index < -0.39 is 0 Å². The first-order valence-corrected chi connectivity index (χ1v) is 6.67. The van der Waals surface area contributed by atoms with Crippen LogP contribution in [0.25, 0.3) is 5.70 Å². The van der Waals surface area contributed by atoms with Gasteiger partial charge in [0.1, 0.15) is 11.5 Å². The average molecular weight is 275 g/mol. The Kier molecular flexibility index (Phi) is 6.06. The first-order valence-electron chi connectivity index (χ1n) is 6.67. The number of pyridine rings is 1. The molecule has 0 aliphatic heterocycles. The predicted octanol–water partition coefficient (Wildman–Crippen LogP) is 1.45. The molecule has 0 saturated carbocycles. The van der Waals surface area contributed by atoms with Gasteiger partial charge in [0.25, 0.3) is 0 Å². The van der Waals surface area contributed by atoms with Crippen LogP contribution in [0, 0.1) is 0 Å². The van der Waals surface area contributed by atoms with E-state index >= 15 is 0 Å². The van der Waals surface area contributed by atoms with Crippen LogP contribution in [0.4, 0.5) is 11.5 Å². The van der Waals surface area contributed by atoms with E-state index in [0.717, 1.165) is 23.6 Å². The fourth-order valence-electron chi connectivity index (χ4n) is 1.96. The largest absolute Gasteiger partial charge is 0.384 e. The van der Waals surface area contributed by atoms with E-state index in [4.69, 9.17) is 5.73 Å². The monoisotopic (exact) mass is 275 g/mol. The Hall–Kier alpha value is -2.01. The summed E-state index contributed by atoms with van der Waals surface area (Å²) >= 11 is 0. The number of anilines is 2. The molecule has 0 amide bonds. The van der Waals surface area contributed by atoms with E-state index in [0.29, 0.717) is 5.82 Å². The molecule has 0 saturated heterocycles. The first-order chi connectivity index (χ1) is 9.49. The molecule has 20 heavy (non-hydrogen) atoms. The first kappa shape index (κ1) is 16.0. The Balaban J connectivity index is 3.17. The van der Waals surface area contributed by atoms with Gasteiger partial charge in [-0.3, -0.25) is 0 Å². The van der Waals surface area contributed by atoms with E-state index in [1.165, 1.54) is 0 Å². The molecule has 1 unspecified atom stereocenters. The van der Waals surface area contributed by atoms with Gasteiger partial charge in [-0.1, -0.05) is 12.7 Å². The van der Waals surface area contributed by atoms with Gasteiger partial charge in [-0.05, 0) is 32.2 Å². The maximum atomic E-state index is 5.83. The van der Waals surface area contributed by atoms with Crippen LogP contribution in [0.1, 0.15) is 12.6 Å². The Morgan fingerprint density at radius 1 is 1.50 bits per heavy atom. The third-order valence-electron chi connectivity index (χ3n) is 2.83. The molecule has 1 aromatic heterocycles. The van der Waals surface area contributed by atoms with Gasteiger partial charge < -0.3 is 21.3 Å². The van der Waals surface area contributed by atoms with Crippen LogP contribution in [0.5, 0.6) is 0 Å². The third-order valence-corrected chi connectivity index (χ3v) is 2.83. The number of nitrogens with two attached hydrogens (primary N) is 1. The predicted molar refractivity (Wildman–Crippen MR) is 87.7 cm³/mol. The summed E-state index contributed by atoms with van der Waals surface area (Å²) in [6, 6.07) is 4.05. The van der Waals surface area contributed by atoms with Crippen LogP contribution in [0.3, 0.4) is 0 Å². The fourth-order valence-corrected chi connectivity index (χ4v) is 1.96. The molecule has 5 nitrogen and oxygen atoms in total. The number of nitrogens with one attached hydrogen (secondary N) is 2. The minimum atomic E-state index is 0.268. The molecule has 1 heterocycles. The molecule has 0 spiro atoms. The minimum absolute atomic E-state index is 0.268. The summed E-state index contributed by atoms with van der Waals surface area (Å²) in [4.78, 5) is 6.48. The zero-order valence-corrected chi connectivity index (χ0v) is 12.8. The fraction of sp³-hybridized carbons (Fsp3) is 0.400. The van der Waals surface area contributed by atoms with Crippen molar-refractivity contribution >= 4 is 17.2 Å². The number of hydrogen-bond donors (Lipinski definition) is 3. The van der Waals surface area contributed by atoms with Crippen molar-refractivity contribution in [1.82, 2.24) is 15.6 Å². The van der Waals surface area contributed by atoms with Crippen molar-refractivity contribution in [2.75, 3.05) is 38.3 Å². The maximum absolute atomic E-state index is 5.83. The summed E-state index contributed by atoms with van der Waals surface area (Å²) < 4.78 is 0. The maximum Gasteiger partial charge on any atom is 0.124 e. The normalized spacial score (nSPS) is 12.9. The summed E-state index contributed by atoms with van der Waals surface area (Å²) in [5, 5.41) is 6.58. The van der Waals surface area contributed by atoms with Crippen LogP contribution < -0.4 is 21.3 Å². The van der Waals surface area contributed by atoms with Crippen LogP contribution in [0.15, 0.2) is 30.9 Å². The Morgan fingerprint density at radius 2 is 2.20 bits per heavy atom. The van der Waals surface area contributed by atoms with Crippen molar-refractivity contribution in [3.63, 3.8) is 0 Å². The van der Waals surface area contributed by atoms with Gasteiger partial charge in [-0.2, -0.15) is 0 Å². The SMILES string of the molecule is C=C/C=C(/NC(C)CNC)c1nc(N)ccc1N(C)C. The molecule has 0 fully saturated rings. The lowest BCUT2D eigenvalue weighted by Gasteiger charge is -2.22. The van der Waals surface area contributed by atoms with Crippen molar-refractivity contribution in [2.24, 2.45) is 0 Å². The number of hydrogen-bond acceptors (Lipinski definition) is 5. The van der Waals surface area contributed by atoms with Crippen molar-refractivity contribution in [3.8, 4) is 0 Å². The molecule has 1 aromatic rings. The highest BCUT2D eigenvalue weighted by Gasteiger charge is 2.13. The third kappa shape index (κ3) is 4.28. The van der Waals surface area contributed by atoms with Crippen LogP contribution in [-0.2, 0) is 0 Å². The van der Waals surface area contributed by atoms with Gasteiger partial charge in [0.15, 0.2) is 0 Å². The number of likely N-dealkylation sites (N-methyl/N-ethyl adjacent to an activating group) is 1. The van der Waals surface area contributed by atoms with Crippen molar-refractivity contribution in [3.05, 3.63) is 36.6 Å². The van der Waals surface area contributed by atoms with Gasteiger partial charge in [0.2, 0.25) is 0 Å². The van der Waals surface area contributed by atoms with Crippen molar-refractivity contribution in [1.29, 1.82) is 0 Å². The summed E-state index contributed by atoms with van der Waals surface area (Å²) in [6.45, 7) is 6.73. The summed E-state index contributed by atoms with van der Waals surface area (Å²) in [5.41, 5.74) is 8.59. The molecule has 1 atom stereocenters. The second-order valence-electron chi connectivity index (χ2n) is 4.92. The van der Waals surface area contributed by atoms with Crippen LogP contribution >= 0.6 is 0 Å². The molecular weight excluding hydrogens is 250 g/mol. The van der Waals surface area contributed by atoms with E-state index in [9.17, 15) is 0 Å². The standard InChI is InChI=1S/C15H25N5/c1-6-7-12(18-11(2)10-17-3)15-13(20(4)5)8-9-14(16)19-15/h6-9,11,17-18H,1,10H2,2-5H3,(H2,16,19)/b12-7+. The minimum Gasteiger partial charge on any atom is -0.384 e. The number of nitrogens with zero attached hydrogens (tertiary/aromatic N) is 2. The van der Waals surface area contributed by atoms with E-state index in [1.54, 1.807) is 12.1 Å². The van der Waals surface area contributed by atoms with Crippen molar-refractivity contribution < 1.29 is 0 Å². The Labute approximate surface area is 121 Å². The number of rotatable bonds is 7. The highest BCUT2D eigenvalue weighted by Crippen LogP contribution is 2.24. The number of allylic oxidation sites excluding steroid dienone is 2. The second kappa shape index (κ2) is 7.55. The molecule has 110 valence electrons. The summed E-state index contributed by atoms with van der Waals surface area (Å²) in [5.74, 6) is 0.503. The Morgan fingerprint density at radius 3 is 2.75 bits per heavy atom. The smallest absolute Gasteiger partial charge is 0.124 e. The van der Waals surface area contributed by atoms with Gasteiger partial charge in [-0.15, -0.1) is 0 Å². The molecule has 0 radical (unpaired) electrons. The highest BCUT2D eigenvalue weighted by molar-refractivity contribution is 5.75. The van der Waals surface area contributed by atoms with Crippen LogP contribution in [-0.4, -0.2) is 38.7 Å². The summed E-state index contributed by atoms with van der Waals surface area (Å²) in [6.07, 6.45) is 3.67. The quantitative estimate of drug-likeness (QED) is 0.657. The van der Waals surface area contributed by atoms with Gasteiger partial charge in [-0.25, -0.2) is 4.98 Å². The zero-order chi connectivity index (χ0) is 15.1. The molecule has 5 heteroatoms. The molecule has 4 N–H and O–H groups in total. The zero-order valence-electron chi connectivity index (χ0n) is 12.8. The highest BCUT2D eigenvalue weighted by atomic mass is 15.1. The topological polar surface area (TPSA) is 66.2 Å². The van der Waals surface area contributed by atoms with E-state index in [1.807, 2.05) is 38.2 Å². The van der Waals surface area contributed by atoms with Gasteiger partial charge >= 0.3 is 0 Å². The number of aromatic nitrogens is 1. The van der Waals surface area contributed by atoms with Gasteiger partial charge in [0, 0.05) is 26.7 Å². The molecule has 0 aromatic carbocycles. The molecule has 1 rings (SSSR count).